The summed E-state index contributed by atoms with van der Waals surface area (Å²) in [7, 11) is -1.43. The lowest BCUT2D eigenvalue weighted by Gasteiger charge is -2.06. The van der Waals surface area contributed by atoms with Crippen molar-refractivity contribution >= 4 is 99.5 Å². The molecule has 0 saturated carbocycles. The van der Waals surface area contributed by atoms with Crippen molar-refractivity contribution in [1.29, 1.82) is 15.8 Å². The first-order valence-corrected chi connectivity index (χ1v) is 23.3. The number of hydrogen-bond donors (Lipinski definition) is 2. The second-order valence-electron chi connectivity index (χ2n) is 13.4. The van der Waals surface area contributed by atoms with E-state index in [9.17, 15) is 0 Å². The van der Waals surface area contributed by atoms with Crippen LogP contribution >= 0.6 is 86.9 Å². The van der Waals surface area contributed by atoms with Crippen LogP contribution in [0.3, 0.4) is 0 Å². The number of aromatic nitrogens is 6. The van der Waals surface area contributed by atoms with Gasteiger partial charge in [0.15, 0.2) is 0 Å². The average Bonchev–Trinajstić information content (AvgIpc) is 4.03. The summed E-state index contributed by atoms with van der Waals surface area (Å²) in [5.41, 5.74) is 8.95. The van der Waals surface area contributed by atoms with Crippen LogP contribution in [0.1, 0.15) is 38.9 Å². The van der Waals surface area contributed by atoms with Crippen LogP contribution in [0, 0.1) is 40.9 Å². The molecule has 0 bridgehead atoms. The van der Waals surface area contributed by atoms with Gasteiger partial charge in [0.25, 0.3) is 0 Å². The third-order valence-corrected chi connectivity index (χ3v) is 11.2. The molecule has 2 N–H and O–H groups in total. The average molecular weight is 1160 g/mol. The second-order valence-corrected chi connectivity index (χ2v) is 17.5. The molecular weight excluding hydrogens is 1120 g/mol. The van der Waals surface area contributed by atoms with Gasteiger partial charge < -0.3 is 10.0 Å². The second kappa shape index (κ2) is 27.8. The maximum absolute atomic E-state index is 8.93. The summed E-state index contributed by atoms with van der Waals surface area (Å²) in [6.45, 7) is 3.19. The number of hydrogen-bond acceptors (Lipinski definition) is 9. The zero-order valence-electron chi connectivity index (χ0n) is 34.3. The molecule has 2 heterocycles. The van der Waals surface area contributed by atoms with Crippen LogP contribution < -0.4 is 5.46 Å². The Morgan fingerprint density at radius 3 is 1.57 bits per heavy atom. The molecule has 0 aliphatic heterocycles. The van der Waals surface area contributed by atoms with Crippen molar-refractivity contribution in [3.8, 4) is 29.3 Å². The fraction of sp³-hybridized carbons (Fsp3) is 0.0851. The third kappa shape index (κ3) is 18.2. The highest BCUT2D eigenvalue weighted by molar-refractivity contribution is 9.11. The number of benzene rings is 6. The Morgan fingerprint density at radius 2 is 1.08 bits per heavy atom. The van der Waals surface area contributed by atoms with E-state index in [-0.39, 0.29) is 0 Å². The molecule has 0 atom stereocenters. The Kier molecular flexibility index (Phi) is 22.3. The standard InChI is InChI=1S/C15H12ClN3.C10H7BrN4.C8H5Br2N.C8H6BrN.C6H6BClO2/c16-15-6-2-5-14(8-15)13-4-1-3-12(7-13)9-19-11-17-10-18-19;11-10-2-1-8(4-12)9(3-10)5-15-7-13-6-14-15;9-4-7-3-8(10)2-1-6(7)5-11;1-6-4-8(9)3-2-7(6)5-10;8-6-3-1-2-5(4-6)7(9)10/h1-8,10-11H,9H2;1-3,6-7H,5H2;1-3H,4H2;2-4H,1H3;1-4,9-10H. The first kappa shape index (κ1) is 52.2. The first-order chi connectivity index (χ1) is 31.3. The first-order valence-electron chi connectivity index (χ1n) is 19.0. The number of halogens is 6. The van der Waals surface area contributed by atoms with Gasteiger partial charge in [-0.15, -0.1) is 0 Å². The smallest absolute Gasteiger partial charge is 0.423 e. The molecule has 0 spiro atoms. The molecular formula is C47H36BBr4Cl2N9O2. The largest absolute Gasteiger partial charge is 0.488 e. The van der Waals surface area contributed by atoms with Crippen molar-refractivity contribution in [3.05, 3.63) is 215 Å². The van der Waals surface area contributed by atoms with Crippen molar-refractivity contribution < 1.29 is 10.0 Å². The molecule has 0 amide bonds. The summed E-state index contributed by atoms with van der Waals surface area (Å²) in [5.74, 6) is 0. The molecule has 0 saturated heterocycles. The summed E-state index contributed by atoms with van der Waals surface area (Å²) in [6.07, 6.45) is 6.36. The quantitative estimate of drug-likeness (QED) is 0.116. The van der Waals surface area contributed by atoms with E-state index in [0.29, 0.717) is 29.1 Å². The summed E-state index contributed by atoms with van der Waals surface area (Å²) in [4.78, 5) is 7.80. The highest BCUT2D eigenvalue weighted by Gasteiger charge is 2.09. The molecule has 6 aromatic carbocycles. The van der Waals surface area contributed by atoms with Crippen molar-refractivity contribution in [1.82, 2.24) is 29.5 Å². The molecule has 2 aromatic heterocycles. The van der Waals surface area contributed by atoms with Gasteiger partial charge in [0.2, 0.25) is 0 Å². The third-order valence-electron chi connectivity index (χ3n) is 8.67. The Labute approximate surface area is 421 Å². The molecule has 8 aromatic rings. The highest BCUT2D eigenvalue weighted by atomic mass is 79.9. The maximum Gasteiger partial charge on any atom is 0.488 e. The van der Waals surface area contributed by atoms with Crippen molar-refractivity contribution in [2.45, 2.75) is 25.3 Å². The van der Waals surface area contributed by atoms with Crippen LogP contribution in [-0.2, 0) is 18.4 Å². The minimum Gasteiger partial charge on any atom is -0.423 e. The number of nitrogens with zero attached hydrogens (tertiary/aromatic N) is 9. The van der Waals surface area contributed by atoms with Crippen LogP contribution in [0.15, 0.2) is 166 Å². The van der Waals surface area contributed by atoms with E-state index in [1.807, 2.05) is 67.6 Å². The molecule has 11 nitrogen and oxygen atoms in total. The molecule has 8 rings (SSSR count). The van der Waals surface area contributed by atoms with E-state index >= 15 is 0 Å². The van der Waals surface area contributed by atoms with Crippen LogP contribution in [0.25, 0.3) is 11.1 Å². The molecule has 0 fully saturated rings. The van der Waals surface area contributed by atoms with Crippen molar-refractivity contribution in [3.63, 3.8) is 0 Å². The van der Waals surface area contributed by atoms with Gasteiger partial charge in [-0.05, 0) is 131 Å². The lowest BCUT2D eigenvalue weighted by Crippen LogP contribution is -2.29. The summed E-state index contributed by atoms with van der Waals surface area (Å²) < 4.78 is 6.46. The van der Waals surface area contributed by atoms with Gasteiger partial charge in [-0.1, -0.05) is 129 Å². The van der Waals surface area contributed by atoms with Gasteiger partial charge in [-0.25, -0.2) is 19.3 Å². The van der Waals surface area contributed by atoms with Gasteiger partial charge in [0, 0.05) is 28.8 Å². The maximum atomic E-state index is 8.93. The van der Waals surface area contributed by atoms with Gasteiger partial charge in [-0.2, -0.15) is 26.0 Å². The fourth-order valence-electron chi connectivity index (χ4n) is 5.51. The zero-order chi connectivity index (χ0) is 47.1. The van der Waals surface area contributed by atoms with Crippen molar-refractivity contribution in [2.75, 3.05) is 0 Å². The normalized spacial score (nSPS) is 9.75. The Bertz CT molecular complexity index is 2890. The monoisotopic (exact) mass is 1150 g/mol. The van der Waals surface area contributed by atoms with Gasteiger partial charge >= 0.3 is 7.12 Å². The summed E-state index contributed by atoms with van der Waals surface area (Å²) in [5, 5.41) is 53.5. The lowest BCUT2D eigenvalue weighted by atomic mass is 9.81. The predicted molar refractivity (Wildman–Crippen MR) is 270 cm³/mol. The molecule has 0 aliphatic carbocycles. The van der Waals surface area contributed by atoms with E-state index < -0.39 is 7.12 Å². The predicted octanol–water partition coefficient (Wildman–Crippen LogP) is 11.5. The number of nitriles is 3. The van der Waals surface area contributed by atoms with Crippen LogP contribution in [0.2, 0.25) is 10.0 Å². The van der Waals surface area contributed by atoms with Crippen LogP contribution in [0.5, 0.6) is 0 Å². The van der Waals surface area contributed by atoms with E-state index in [4.69, 9.17) is 49.0 Å². The number of rotatable bonds is 7. The number of aryl methyl sites for hydroxylation is 1. The molecule has 18 heteroatoms. The van der Waals surface area contributed by atoms with Gasteiger partial charge in [0.1, 0.15) is 25.3 Å². The number of alkyl halides is 1. The summed E-state index contributed by atoms with van der Waals surface area (Å²) in [6, 6.07) is 45.8. The summed E-state index contributed by atoms with van der Waals surface area (Å²) >= 11 is 24.9. The molecule has 0 unspecified atom stereocenters. The fourth-order valence-corrected chi connectivity index (χ4v) is 7.66. The van der Waals surface area contributed by atoms with E-state index in [1.165, 1.54) is 18.0 Å². The van der Waals surface area contributed by atoms with E-state index in [2.05, 4.69) is 126 Å². The van der Waals surface area contributed by atoms with Crippen molar-refractivity contribution in [2.24, 2.45) is 0 Å². The minimum absolute atomic E-state index is 0.410. The van der Waals surface area contributed by atoms with E-state index in [0.717, 1.165) is 62.7 Å². The molecule has 0 aliphatic rings. The molecule has 65 heavy (non-hydrogen) atoms. The topological polar surface area (TPSA) is 173 Å². The van der Waals surface area contributed by atoms with Gasteiger partial charge in [0.05, 0.1) is 48.0 Å². The molecule has 0 radical (unpaired) electrons. The Morgan fingerprint density at radius 1 is 0.585 bits per heavy atom. The lowest BCUT2D eigenvalue weighted by molar-refractivity contribution is 0.426. The molecule has 326 valence electrons. The Hall–Kier alpha value is -5.45. The minimum atomic E-state index is -1.43. The highest BCUT2D eigenvalue weighted by Crippen LogP contribution is 2.24. The van der Waals surface area contributed by atoms with Crippen LogP contribution in [0.4, 0.5) is 0 Å². The SMILES string of the molecule is Cc1cc(Br)ccc1C#N.Clc1cccc(-c2cccc(Cn3cncn3)c2)c1.N#Cc1ccc(Br)cc1CBr.N#Cc1ccc(Br)cc1Cn1cncn1.OB(O)c1cccc(Cl)c1. The van der Waals surface area contributed by atoms with Crippen LogP contribution in [-0.4, -0.2) is 46.7 Å². The van der Waals surface area contributed by atoms with E-state index in [1.54, 1.807) is 64.7 Å². The van der Waals surface area contributed by atoms with Gasteiger partial charge in [-0.3, -0.25) is 0 Å². The Balaban J connectivity index is 0.000000183. The zero-order valence-corrected chi connectivity index (χ0v) is 42.2.